The molecule has 0 aliphatic carbocycles. The van der Waals surface area contributed by atoms with E-state index < -0.39 is 29.8 Å². The number of aliphatic hydroxyl groups excluding tert-OH is 3. The number of rotatable bonds is 1. The van der Waals surface area contributed by atoms with Crippen LogP contribution in [0.5, 0.6) is 0 Å². The Morgan fingerprint density at radius 2 is 2.00 bits per heavy atom. The molecule has 0 radical (unpaired) electrons. The fourth-order valence-corrected chi connectivity index (χ4v) is 1.38. The summed E-state index contributed by atoms with van der Waals surface area (Å²) < 4.78 is 4.83. The Morgan fingerprint density at radius 3 is 2.50 bits per heavy atom. The van der Waals surface area contributed by atoms with Crippen LogP contribution in [0.4, 0.5) is 0 Å². The van der Waals surface area contributed by atoms with Crippen molar-refractivity contribution in [3.63, 3.8) is 0 Å². The number of nitrogens with two attached hydrogens (primary N) is 1. The highest BCUT2D eigenvalue weighted by molar-refractivity contribution is 7.81. The van der Waals surface area contributed by atoms with Crippen LogP contribution in [0, 0.1) is 0 Å². The van der Waals surface area contributed by atoms with E-state index in [2.05, 4.69) is 12.6 Å². The summed E-state index contributed by atoms with van der Waals surface area (Å²) >= 11 is 3.95. The zero-order chi connectivity index (χ0) is 9.30. The van der Waals surface area contributed by atoms with E-state index in [0.29, 0.717) is 0 Å². The van der Waals surface area contributed by atoms with Gasteiger partial charge < -0.3 is 25.8 Å². The molecule has 5 N–H and O–H groups in total. The van der Waals surface area contributed by atoms with Crippen LogP contribution in [0.25, 0.3) is 0 Å². The van der Waals surface area contributed by atoms with Crippen LogP contribution in [0.3, 0.4) is 0 Å². The van der Waals surface area contributed by atoms with E-state index in [-0.39, 0.29) is 6.61 Å². The fraction of sp³-hybridized carbons (Fsp3) is 1.00. The van der Waals surface area contributed by atoms with Gasteiger partial charge in [-0.05, 0) is 0 Å². The molecule has 12 heavy (non-hydrogen) atoms. The second-order valence-corrected chi connectivity index (χ2v) is 3.40. The maximum absolute atomic E-state index is 9.36. The average Bonchev–Trinajstić information content (AvgIpc) is 2.08. The number of thiol groups is 1. The summed E-state index contributed by atoms with van der Waals surface area (Å²) in [5.41, 5.74) is 5.50. The number of ether oxygens (including phenoxy) is 1. The molecule has 1 aliphatic heterocycles. The standard InChI is InChI=1S/C6H13NO4S/c7-3-4(9)2(1-8)11-6(10)5(3)12/h2-6,8-10,12H,1,7H2. The quantitative estimate of drug-likeness (QED) is 0.303. The van der Waals surface area contributed by atoms with E-state index in [9.17, 15) is 5.11 Å². The third-order valence-electron chi connectivity index (χ3n) is 1.96. The molecule has 0 saturated carbocycles. The number of hydrogen-bond acceptors (Lipinski definition) is 6. The molecule has 0 bridgehead atoms. The van der Waals surface area contributed by atoms with Gasteiger partial charge in [0.2, 0.25) is 0 Å². The first kappa shape index (κ1) is 10.2. The van der Waals surface area contributed by atoms with Crippen LogP contribution in [0.15, 0.2) is 0 Å². The Labute approximate surface area is 75.5 Å². The van der Waals surface area contributed by atoms with Gasteiger partial charge in [0, 0.05) is 6.04 Å². The Morgan fingerprint density at radius 1 is 1.42 bits per heavy atom. The van der Waals surface area contributed by atoms with Crippen LogP contribution in [0.2, 0.25) is 0 Å². The summed E-state index contributed by atoms with van der Waals surface area (Å²) in [4.78, 5) is 0. The monoisotopic (exact) mass is 195 g/mol. The molecule has 0 aromatic rings. The smallest absolute Gasteiger partial charge is 0.168 e. The van der Waals surface area contributed by atoms with E-state index in [4.69, 9.17) is 20.7 Å². The second kappa shape index (κ2) is 3.91. The van der Waals surface area contributed by atoms with Crippen molar-refractivity contribution in [2.24, 2.45) is 5.73 Å². The average molecular weight is 195 g/mol. The van der Waals surface area contributed by atoms with Crippen LogP contribution < -0.4 is 5.73 Å². The van der Waals surface area contributed by atoms with Crippen molar-refractivity contribution in [1.29, 1.82) is 0 Å². The molecule has 1 fully saturated rings. The summed E-state index contributed by atoms with van der Waals surface area (Å²) in [5, 5.41) is 26.6. The van der Waals surface area contributed by atoms with Crippen LogP contribution in [0.1, 0.15) is 0 Å². The van der Waals surface area contributed by atoms with Crippen molar-refractivity contribution in [1.82, 2.24) is 0 Å². The van der Waals surface area contributed by atoms with Gasteiger partial charge in [0.25, 0.3) is 0 Å². The van der Waals surface area contributed by atoms with Crippen molar-refractivity contribution in [2.45, 2.75) is 29.8 Å². The van der Waals surface area contributed by atoms with Gasteiger partial charge in [-0.2, -0.15) is 12.6 Å². The van der Waals surface area contributed by atoms with Crippen molar-refractivity contribution < 1.29 is 20.1 Å². The first-order valence-electron chi connectivity index (χ1n) is 3.64. The largest absolute Gasteiger partial charge is 0.394 e. The van der Waals surface area contributed by atoms with Gasteiger partial charge in [0.1, 0.15) is 6.10 Å². The molecule has 0 aromatic heterocycles. The summed E-state index contributed by atoms with van der Waals surface area (Å²) in [7, 11) is 0. The lowest BCUT2D eigenvalue weighted by molar-refractivity contribution is -0.209. The van der Waals surface area contributed by atoms with E-state index in [1.807, 2.05) is 0 Å². The van der Waals surface area contributed by atoms with Crippen LogP contribution in [-0.4, -0.2) is 51.7 Å². The first-order valence-corrected chi connectivity index (χ1v) is 4.15. The number of hydrogen-bond donors (Lipinski definition) is 5. The summed E-state index contributed by atoms with van der Waals surface area (Å²) in [6, 6.07) is -0.686. The van der Waals surface area contributed by atoms with Gasteiger partial charge >= 0.3 is 0 Å². The topological polar surface area (TPSA) is 95.9 Å². The highest BCUT2D eigenvalue weighted by Crippen LogP contribution is 2.21. The lowest BCUT2D eigenvalue weighted by Crippen LogP contribution is -2.60. The molecule has 1 heterocycles. The van der Waals surface area contributed by atoms with Crippen molar-refractivity contribution in [3.8, 4) is 0 Å². The molecule has 5 unspecified atom stereocenters. The van der Waals surface area contributed by atoms with E-state index in [1.165, 1.54) is 0 Å². The summed E-state index contributed by atoms with van der Waals surface area (Å²) in [5.74, 6) is 0. The predicted molar refractivity (Wildman–Crippen MR) is 44.7 cm³/mol. The minimum absolute atomic E-state index is 0.369. The van der Waals surface area contributed by atoms with Gasteiger partial charge in [0.15, 0.2) is 6.29 Å². The molecule has 0 amide bonds. The Balaban J connectivity index is 2.63. The predicted octanol–water partition coefficient (Wildman–Crippen LogP) is -2.32. The lowest BCUT2D eigenvalue weighted by atomic mass is 9.99. The SMILES string of the molecule is NC1C(O)C(CO)OC(O)C1S. The van der Waals surface area contributed by atoms with Gasteiger partial charge in [0.05, 0.1) is 18.0 Å². The van der Waals surface area contributed by atoms with Gasteiger partial charge in [-0.25, -0.2) is 0 Å². The van der Waals surface area contributed by atoms with E-state index in [0.717, 1.165) is 0 Å². The zero-order valence-corrected chi connectivity index (χ0v) is 7.26. The Hall–Kier alpha value is 0.150. The highest BCUT2D eigenvalue weighted by atomic mass is 32.1. The lowest BCUT2D eigenvalue weighted by Gasteiger charge is -2.38. The molecule has 1 aliphatic rings. The molecular weight excluding hydrogens is 182 g/mol. The molecule has 5 nitrogen and oxygen atoms in total. The first-order chi connectivity index (χ1) is 5.57. The molecule has 1 saturated heterocycles. The Bertz CT molecular complexity index is 154. The normalized spacial score (nSPS) is 49.2. The molecule has 1 rings (SSSR count). The van der Waals surface area contributed by atoms with E-state index >= 15 is 0 Å². The molecule has 6 heteroatoms. The van der Waals surface area contributed by atoms with Gasteiger partial charge in [-0.1, -0.05) is 0 Å². The zero-order valence-electron chi connectivity index (χ0n) is 6.37. The van der Waals surface area contributed by atoms with Crippen molar-refractivity contribution in [3.05, 3.63) is 0 Å². The summed E-state index contributed by atoms with van der Waals surface area (Å²) in [6.07, 6.45) is -2.94. The summed E-state index contributed by atoms with van der Waals surface area (Å²) in [6.45, 7) is -0.369. The van der Waals surface area contributed by atoms with Crippen molar-refractivity contribution in [2.75, 3.05) is 6.61 Å². The van der Waals surface area contributed by atoms with Gasteiger partial charge in [-0.15, -0.1) is 0 Å². The second-order valence-electron chi connectivity index (χ2n) is 2.81. The van der Waals surface area contributed by atoms with Crippen molar-refractivity contribution >= 4 is 12.6 Å². The Kier molecular flexibility index (Phi) is 3.33. The van der Waals surface area contributed by atoms with E-state index in [1.54, 1.807) is 0 Å². The number of aliphatic hydroxyl groups is 3. The van der Waals surface area contributed by atoms with Crippen LogP contribution >= 0.6 is 12.6 Å². The minimum Gasteiger partial charge on any atom is -0.394 e. The third-order valence-corrected chi connectivity index (χ3v) is 2.56. The maximum atomic E-state index is 9.36. The molecule has 0 spiro atoms. The minimum atomic E-state index is -1.14. The molecular formula is C6H13NO4S. The van der Waals surface area contributed by atoms with Crippen LogP contribution in [-0.2, 0) is 4.74 Å². The molecule has 72 valence electrons. The molecule has 0 aromatic carbocycles. The van der Waals surface area contributed by atoms with Gasteiger partial charge in [-0.3, -0.25) is 0 Å². The fourth-order valence-electron chi connectivity index (χ4n) is 1.13. The third kappa shape index (κ3) is 1.73. The molecule has 5 atom stereocenters. The maximum Gasteiger partial charge on any atom is 0.168 e. The highest BCUT2D eigenvalue weighted by Gasteiger charge is 2.40.